The summed E-state index contributed by atoms with van der Waals surface area (Å²) in [5, 5.41) is 3.20. The average molecular weight is 423 g/mol. The van der Waals surface area contributed by atoms with Crippen LogP contribution in [0.4, 0.5) is 10.1 Å². The molecule has 3 unspecified atom stereocenters. The number of carbonyl (C=O) groups is 2. The molecule has 0 amide bonds. The van der Waals surface area contributed by atoms with Gasteiger partial charge in [-0.2, -0.15) is 0 Å². The summed E-state index contributed by atoms with van der Waals surface area (Å²) in [7, 11) is 2.48. The minimum Gasteiger partial charge on any atom is -0.466 e. The summed E-state index contributed by atoms with van der Waals surface area (Å²) in [6.07, 6.45) is 3.08. The highest BCUT2D eigenvalue weighted by Crippen LogP contribution is 2.47. The van der Waals surface area contributed by atoms with Gasteiger partial charge in [-0.05, 0) is 30.2 Å². The Balaban J connectivity index is 1.83. The summed E-state index contributed by atoms with van der Waals surface area (Å²) in [6.45, 7) is 0. The van der Waals surface area contributed by atoms with Crippen molar-refractivity contribution >= 4 is 17.6 Å². The van der Waals surface area contributed by atoms with Gasteiger partial charge in [0, 0.05) is 0 Å². The highest BCUT2D eigenvalue weighted by molar-refractivity contribution is 6.05. The van der Waals surface area contributed by atoms with E-state index < -0.39 is 35.5 Å². The van der Waals surface area contributed by atoms with E-state index in [1.165, 1.54) is 20.3 Å². The van der Waals surface area contributed by atoms with Gasteiger partial charge in [0.25, 0.3) is 0 Å². The first kappa shape index (κ1) is 20.8. The zero-order chi connectivity index (χ0) is 22.0. The summed E-state index contributed by atoms with van der Waals surface area (Å²) in [5.41, 5.74) is 0.0413. The molecule has 7 heteroatoms. The van der Waals surface area contributed by atoms with Crippen molar-refractivity contribution in [2.24, 2.45) is 0 Å². The summed E-state index contributed by atoms with van der Waals surface area (Å²) >= 11 is 0. The number of rotatable bonds is 7. The van der Waals surface area contributed by atoms with Crippen molar-refractivity contribution in [1.82, 2.24) is 0 Å². The SMILES string of the molecule is COC(=O)C1=C(C(=O)OC)C2(C(Cc3ccccc3)Nc3ccccc3F)C=CC1O2. The number of anilines is 1. The van der Waals surface area contributed by atoms with Gasteiger partial charge in [-0.1, -0.05) is 48.5 Å². The molecule has 2 aromatic carbocycles. The van der Waals surface area contributed by atoms with Crippen LogP contribution in [0.5, 0.6) is 0 Å². The van der Waals surface area contributed by atoms with E-state index in [0.29, 0.717) is 6.42 Å². The number of esters is 2. The van der Waals surface area contributed by atoms with E-state index in [9.17, 15) is 14.0 Å². The Labute approximate surface area is 179 Å². The molecule has 1 N–H and O–H groups in total. The average Bonchev–Trinajstić information content (AvgIpc) is 3.38. The quantitative estimate of drug-likeness (QED) is 0.545. The minimum absolute atomic E-state index is 0.0686. The fourth-order valence-electron chi connectivity index (χ4n) is 4.17. The third-order valence-electron chi connectivity index (χ3n) is 5.58. The molecule has 2 aromatic rings. The van der Waals surface area contributed by atoms with E-state index in [0.717, 1.165) is 5.56 Å². The number of carbonyl (C=O) groups excluding carboxylic acids is 2. The standard InChI is InChI=1S/C24H22FNO5/c1-29-22(27)20-18-12-13-24(31-18,21(20)23(28)30-2)19(14-15-8-4-3-5-9-15)26-17-11-7-6-10-16(17)25/h3-13,18-19,26H,14H2,1-2H3. The van der Waals surface area contributed by atoms with Gasteiger partial charge in [0.2, 0.25) is 0 Å². The highest BCUT2D eigenvalue weighted by Gasteiger charge is 2.58. The molecule has 160 valence electrons. The Hall–Kier alpha value is -3.45. The van der Waals surface area contributed by atoms with Crippen LogP contribution in [0.3, 0.4) is 0 Å². The molecule has 2 aliphatic heterocycles. The van der Waals surface area contributed by atoms with E-state index in [1.54, 1.807) is 30.4 Å². The van der Waals surface area contributed by atoms with Gasteiger partial charge in [-0.15, -0.1) is 0 Å². The van der Waals surface area contributed by atoms with Crippen molar-refractivity contribution in [3.05, 3.63) is 89.3 Å². The fourth-order valence-corrected chi connectivity index (χ4v) is 4.17. The Kier molecular flexibility index (Phi) is 5.61. The third kappa shape index (κ3) is 3.61. The maximum Gasteiger partial charge on any atom is 0.337 e. The molecule has 3 atom stereocenters. The lowest BCUT2D eigenvalue weighted by Gasteiger charge is -2.36. The van der Waals surface area contributed by atoms with Crippen molar-refractivity contribution in [2.45, 2.75) is 24.2 Å². The number of benzene rings is 2. The van der Waals surface area contributed by atoms with Gasteiger partial charge in [-0.25, -0.2) is 14.0 Å². The van der Waals surface area contributed by atoms with Gasteiger partial charge >= 0.3 is 11.9 Å². The lowest BCUT2D eigenvalue weighted by atomic mass is 9.79. The number of fused-ring (bicyclic) bond motifs is 2. The first-order valence-corrected chi connectivity index (χ1v) is 9.83. The van der Waals surface area contributed by atoms with Crippen LogP contribution in [0.15, 0.2) is 77.9 Å². The normalized spacial score (nSPS) is 22.4. The zero-order valence-corrected chi connectivity index (χ0v) is 17.1. The lowest BCUT2D eigenvalue weighted by molar-refractivity contribution is -0.139. The molecular weight excluding hydrogens is 401 g/mol. The molecule has 4 rings (SSSR count). The summed E-state index contributed by atoms with van der Waals surface area (Å²) in [5.74, 6) is -1.80. The van der Waals surface area contributed by atoms with Crippen LogP contribution in [-0.2, 0) is 30.2 Å². The Morgan fingerprint density at radius 1 is 1.06 bits per heavy atom. The van der Waals surface area contributed by atoms with Gasteiger partial charge in [-0.3, -0.25) is 0 Å². The van der Waals surface area contributed by atoms with Crippen molar-refractivity contribution in [2.75, 3.05) is 19.5 Å². The Morgan fingerprint density at radius 2 is 1.74 bits per heavy atom. The predicted octanol–water partition coefficient (Wildman–Crippen LogP) is 3.20. The Morgan fingerprint density at radius 3 is 2.42 bits per heavy atom. The smallest absolute Gasteiger partial charge is 0.337 e. The molecule has 0 saturated carbocycles. The molecule has 0 radical (unpaired) electrons. The number of halogens is 1. The van der Waals surface area contributed by atoms with Crippen molar-refractivity contribution in [1.29, 1.82) is 0 Å². The number of methoxy groups -OCH3 is 2. The van der Waals surface area contributed by atoms with Crippen LogP contribution in [0.2, 0.25) is 0 Å². The fraction of sp³-hybridized carbons (Fsp3) is 0.250. The van der Waals surface area contributed by atoms with Crippen LogP contribution in [0.25, 0.3) is 0 Å². The Bertz CT molecular complexity index is 1060. The first-order chi connectivity index (χ1) is 15.0. The summed E-state index contributed by atoms with van der Waals surface area (Å²) in [4.78, 5) is 25.3. The number of hydrogen-bond acceptors (Lipinski definition) is 6. The monoisotopic (exact) mass is 423 g/mol. The van der Waals surface area contributed by atoms with Crippen LogP contribution in [0, 0.1) is 5.82 Å². The summed E-state index contributed by atoms with van der Waals surface area (Å²) in [6, 6.07) is 15.2. The summed E-state index contributed by atoms with van der Waals surface area (Å²) < 4.78 is 30.6. The number of ether oxygens (including phenoxy) is 3. The van der Waals surface area contributed by atoms with Gasteiger partial charge in [0.05, 0.1) is 37.1 Å². The largest absolute Gasteiger partial charge is 0.466 e. The molecular formula is C24H22FNO5. The van der Waals surface area contributed by atoms with Crippen LogP contribution in [0.1, 0.15) is 5.56 Å². The number of nitrogens with one attached hydrogen (secondary N) is 1. The van der Waals surface area contributed by atoms with Gasteiger partial charge < -0.3 is 19.5 Å². The molecule has 6 nitrogen and oxygen atoms in total. The minimum atomic E-state index is -1.33. The molecule has 0 aliphatic carbocycles. The van der Waals surface area contributed by atoms with Gasteiger partial charge in [0.1, 0.15) is 17.5 Å². The maximum atomic E-state index is 14.5. The first-order valence-electron chi connectivity index (χ1n) is 9.83. The predicted molar refractivity (Wildman–Crippen MR) is 112 cm³/mol. The molecule has 2 bridgehead atoms. The van der Waals surface area contributed by atoms with Crippen LogP contribution >= 0.6 is 0 Å². The van der Waals surface area contributed by atoms with E-state index in [1.807, 2.05) is 30.3 Å². The van der Waals surface area contributed by atoms with E-state index >= 15 is 0 Å². The van der Waals surface area contributed by atoms with E-state index in [2.05, 4.69) is 5.32 Å². The van der Waals surface area contributed by atoms with Crippen molar-refractivity contribution < 1.29 is 28.2 Å². The lowest BCUT2D eigenvalue weighted by Crippen LogP contribution is -2.49. The highest BCUT2D eigenvalue weighted by atomic mass is 19.1. The number of hydrogen-bond donors (Lipinski definition) is 1. The molecule has 0 fully saturated rings. The molecule has 0 spiro atoms. The van der Waals surface area contributed by atoms with E-state index in [4.69, 9.17) is 14.2 Å². The molecule has 0 saturated heterocycles. The van der Waals surface area contributed by atoms with Gasteiger partial charge in [0.15, 0.2) is 0 Å². The second-order valence-corrected chi connectivity index (χ2v) is 7.33. The van der Waals surface area contributed by atoms with Crippen molar-refractivity contribution in [3.8, 4) is 0 Å². The number of para-hydroxylation sites is 1. The second-order valence-electron chi connectivity index (χ2n) is 7.33. The second kappa shape index (κ2) is 8.35. The maximum absolute atomic E-state index is 14.5. The topological polar surface area (TPSA) is 73.9 Å². The molecule has 2 aliphatic rings. The molecule has 31 heavy (non-hydrogen) atoms. The third-order valence-corrected chi connectivity index (χ3v) is 5.58. The van der Waals surface area contributed by atoms with Crippen molar-refractivity contribution in [3.63, 3.8) is 0 Å². The van der Waals surface area contributed by atoms with E-state index in [-0.39, 0.29) is 16.8 Å². The molecule has 2 heterocycles. The molecule has 0 aromatic heterocycles. The van der Waals surface area contributed by atoms with Crippen LogP contribution in [-0.4, -0.2) is 43.9 Å². The zero-order valence-electron chi connectivity index (χ0n) is 17.1. The van der Waals surface area contributed by atoms with Crippen LogP contribution < -0.4 is 5.32 Å².